The third kappa shape index (κ3) is 2.86. The van der Waals surface area contributed by atoms with Crippen LogP contribution in [0, 0.1) is 12.3 Å². The van der Waals surface area contributed by atoms with E-state index >= 15 is 0 Å². The Balaban J connectivity index is 2.63. The Hall–Kier alpha value is -1.33. The number of anilines is 1. The Morgan fingerprint density at radius 3 is 2.93 bits per heavy atom. The standard InChI is InChI=1S/C11H12ClNO/c1-3-4-7-13-9-5-6-11(14-2)10(12)8-9/h1,5-6,8,13H,4,7H2,2H3. The van der Waals surface area contributed by atoms with Crippen molar-refractivity contribution in [1.29, 1.82) is 0 Å². The summed E-state index contributed by atoms with van der Waals surface area (Å²) in [5, 5.41) is 3.75. The van der Waals surface area contributed by atoms with Gasteiger partial charge in [0.05, 0.1) is 12.1 Å². The van der Waals surface area contributed by atoms with E-state index in [-0.39, 0.29) is 0 Å². The number of nitrogens with one attached hydrogen (secondary N) is 1. The minimum Gasteiger partial charge on any atom is -0.495 e. The molecular formula is C11H12ClNO. The lowest BCUT2D eigenvalue weighted by Gasteiger charge is -2.07. The lowest BCUT2D eigenvalue weighted by atomic mass is 10.3. The first-order valence-electron chi connectivity index (χ1n) is 4.29. The fourth-order valence-corrected chi connectivity index (χ4v) is 1.31. The molecule has 0 unspecified atom stereocenters. The molecule has 0 aromatic heterocycles. The molecule has 0 fully saturated rings. The van der Waals surface area contributed by atoms with Crippen LogP contribution < -0.4 is 10.1 Å². The minimum absolute atomic E-state index is 0.596. The molecule has 0 bridgehead atoms. The third-order valence-corrected chi connectivity index (χ3v) is 2.05. The molecule has 14 heavy (non-hydrogen) atoms. The molecule has 1 aromatic carbocycles. The summed E-state index contributed by atoms with van der Waals surface area (Å²) in [6.07, 6.45) is 5.83. The molecule has 0 radical (unpaired) electrons. The second-order valence-electron chi connectivity index (χ2n) is 2.73. The van der Waals surface area contributed by atoms with E-state index in [2.05, 4.69) is 11.2 Å². The third-order valence-electron chi connectivity index (χ3n) is 1.75. The predicted octanol–water partition coefficient (Wildman–Crippen LogP) is 2.78. The van der Waals surface area contributed by atoms with E-state index in [1.807, 2.05) is 18.2 Å². The molecule has 1 rings (SSSR count). The van der Waals surface area contributed by atoms with Crippen molar-refractivity contribution in [2.75, 3.05) is 19.0 Å². The van der Waals surface area contributed by atoms with E-state index < -0.39 is 0 Å². The van der Waals surface area contributed by atoms with Crippen LogP contribution in [0.2, 0.25) is 5.02 Å². The molecule has 0 aliphatic heterocycles. The van der Waals surface area contributed by atoms with Crippen molar-refractivity contribution in [2.24, 2.45) is 0 Å². The first-order chi connectivity index (χ1) is 6.77. The van der Waals surface area contributed by atoms with E-state index in [1.54, 1.807) is 7.11 Å². The second-order valence-corrected chi connectivity index (χ2v) is 3.14. The normalized spacial score (nSPS) is 9.21. The second kappa shape index (κ2) is 5.41. The number of benzene rings is 1. The van der Waals surface area contributed by atoms with Crippen LogP contribution in [-0.4, -0.2) is 13.7 Å². The van der Waals surface area contributed by atoms with Gasteiger partial charge >= 0.3 is 0 Å². The quantitative estimate of drug-likeness (QED) is 0.608. The highest BCUT2D eigenvalue weighted by Gasteiger charge is 2.00. The van der Waals surface area contributed by atoms with Gasteiger partial charge in [-0.15, -0.1) is 12.3 Å². The number of methoxy groups -OCH3 is 1. The Morgan fingerprint density at radius 2 is 2.36 bits per heavy atom. The molecule has 0 saturated carbocycles. The average molecular weight is 210 g/mol. The molecule has 1 N–H and O–H groups in total. The molecule has 0 saturated heterocycles. The Kier molecular flexibility index (Phi) is 4.15. The molecule has 0 heterocycles. The molecular weight excluding hydrogens is 198 g/mol. The van der Waals surface area contributed by atoms with Gasteiger partial charge in [0.15, 0.2) is 0 Å². The molecule has 0 atom stereocenters. The van der Waals surface area contributed by atoms with Crippen molar-refractivity contribution in [3.63, 3.8) is 0 Å². The molecule has 74 valence electrons. The fraction of sp³-hybridized carbons (Fsp3) is 0.273. The Labute approximate surface area is 89.2 Å². The average Bonchev–Trinajstić information content (AvgIpc) is 2.18. The van der Waals surface area contributed by atoms with Crippen molar-refractivity contribution in [3.8, 4) is 18.1 Å². The number of halogens is 1. The molecule has 0 aliphatic rings. The molecule has 0 spiro atoms. The topological polar surface area (TPSA) is 21.3 Å². The number of ether oxygens (including phenoxy) is 1. The lowest BCUT2D eigenvalue weighted by Crippen LogP contribution is -2.00. The van der Waals surface area contributed by atoms with Crippen LogP contribution in [0.15, 0.2) is 18.2 Å². The molecule has 1 aromatic rings. The van der Waals surface area contributed by atoms with Crippen molar-refractivity contribution in [3.05, 3.63) is 23.2 Å². The zero-order chi connectivity index (χ0) is 10.4. The Morgan fingerprint density at radius 1 is 1.57 bits per heavy atom. The van der Waals surface area contributed by atoms with E-state index in [4.69, 9.17) is 22.8 Å². The first kappa shape index (κ1) is 10.7. The fourth-order valence-electron chi connectivity index (χ4n) is 1.06. The summed E-state index contributed by atoms with van der Waals surface area (Å²) < 4.78 is 5.03. The van der Waals surface area contributed by atoms with Crippen LogP contribution in [0.4, 0.5) is 5.69 Å². The summed E-state index contributed by atoms with van der Waals surface area (Å²) in [4.78, 5) is 0. The molecule has 3 heteroatoms. The summed E-state index contributed by atoms with van der Waals surface area (Å²) in [6, 6.07) is 5.54. The summed E-state index contributed by atoms with van der Waals surface area (Å²) in [5.74, 6) is 3.23. The summed E-state index contributed by atoms with van der Waals surface area (Å²) in [5.41, 5.74) is 0.950. The summed E-state index contributed by atoms with van der Waals surface area (Å²) >= 11 is 5.94. The molecule has 2 nitrogen and oxygen atoms in total. The van der Waals surface area contributed by atoms with Gasteiger partial charge in [0, 0.05) is 18.7 Å². The highest BCUT2D eigenvalue weighted by molar-refractivity contribution is 6.32. The van der Waals surface area contributed by atoms with Gasteiger partial charge in [0.1, 0.15) is 5.75 Å². The SMILES string of the molecule is C#CCCNc1ccc(OC)c(Cl)c1. The zero-order valence-electron chi connectivity index (χ0n) is 8.01. The number of terminal acetylenes is 1. The van der Waals surface area contributed by atoms with E-state index in [0.29, 0.717) is 17.2 Å². The van der Waals surface area contributed by atoms with Gasteiger partial charge in [0.25, 0.3) is 0 Å². The van der Waals surface area contributed by atoms with Gasteiger partial charge in [-0.1, -0.05) is 11.6 Å². The van der Waals surface area contributed by atoms with Gasteiger partial charge in [-0.2, -0.15) is 0 Å². The number of hydrogen-bond donors (Lipinski definition) is 1. The van der Waals surface area contributed by atoms with Gasteiger partial charge in [-0.3, -0.25) is 0 Å². The Bertz CT molecular complexity index is 344. The maximum absolute atomic E-state index is 5.94. The smallest absolute Gasteiger partial charge is 0.137 e. The van der Waals surface area contributed by atoms with Crippen molar-refractivity contribution >= 4 is 17.3 Å². The minimum atomic E-state index is 0.596. The largest absolute Gasteiger partial charge is 0.495 e. The summed E-state index contributed by atoms with van der Waals surface area (Å²) in [7, 11) is 1.59. The molecule has 0 aliphatic carbocycles. The maximum atomic E-state index is 5.94. The lowest BCUT2D eigenvalue weighted by molar-refractivity contribution is 0.415. The van der Waals surface area contributed by atoms with Crippen molar-refractivity contribution in [2.45, 2.75) is 6.42 Å². The van der Waals surface area contributed by atoms with Gasteiger partial charge in [0.2, 0.25) is 0 Å². The van der Waals surface area contributed by atoms with Gasteiger partial charge < -0.3 is 10.1 Å². The van der Waals surface area contributed by atoms with Crippen LogP contribution in [0.5, 0.6) is 5.75 Å². The highest BCUT2D eigenvalue weighted by atomic mass is 35.5. The van der Waals surface area contributed by atoms with Crippen LogP contribution in [0.3, 0.4) is 0 Å². The number of rotatable bonds is 4. The van der Waals surface area contributed by atoms with Crippen LogP contribution in [0.1, 0.15) is 6.42 Å². The zero-order valence-corrected chi connectivity index (χ0v) is 8.77. The van der Waals surface area contributed by atoms with Gasteiger partial charge in [-0.25, -0.2) is 0 Å². The van der Waals surface area contributed by atoms with Crippen LogP contribution in [0.25, 0.3) is 0 Å². The monoisotopic (exact) mass is 209 g/mol. The maximum Gasteiger partial charge on any atom is 0.137 e. The van der Waals surface area contributed by atoms with Gasteiger partial charge in [-0.05, 0) is 18.2 Å². The summed E-state index contributed by atoms with van der Waals surface area (Å²) in [6.45, 7) is 0.749. The van der Waals surface area contributed by atoms with Crippen LogP contribution in [-0.2, 0) is 0 Å². The van der Waals surface area contributed by atoms with E-state index in [1.165, 1.54) is 0 Å². The van der Waals surface area contributed by atoms with Crippen LogP contribution >= 0.6 is 11.6 Å². The number of hydrogen-bond acceptors (Lipinski definition) is 2. The van der Waals surface area contributed by atoms with Crippen molar-refractivity contribution in [1.82, 2.24) is 0 Å². The first-order valence-corrected chi connectivity index (χ1v) is 4.66. The van der Waals surface area contributed by atoms with E-state index in [0.717, 1.165) is 12.2 Å². The molecule has 0 amide bonds. The predicted molar refractivity (Wildman–Crippen MR) is 59.9 cm³/mol. The highest BCUT2D eigenvalue weighted by Crippen LogP contribution is 2.26. The van der Waals surface area contributed by atoms with Crippen molar-refractivity contribution < 1.29 is 4.74 Å². The van der Waals surface area contributed by atoms with E-state index in [9.17, 15) is 0 Å².